The molecule has 29 heavy (non-hydrogen) atoms. The second-order valence-corrected chi connectivity index (χ2v) is 8.43. The molecule has 2 aliphatic carbocycles. The number of amides is 1. The van der Waals surface area contributed by atoms with E-state index in [2.05, 4.69) is 12.2 Å². The Morgan fingerprint density at radius 3 is 2.62 bits per heavy atom. The minimum atomic E-state index is -4.60. The van der Waals surface area contributed by atoms with Crippen molar-refractivity contribution < 1.29 is 22.4 Å². The number of anilines is 1. The van der Waals surface area contributed by atoms with E-state index in [4.69, 9.17) is 16.0 Å². The van der Waals surface area contributed by atoms with Gasteiger partial charge < -0.3 is 9.73 Å². The van der Waals surface area contributed by atoms with E-state index in [0.29, 0.717) is 18.4 Å². The van der Waals surface area contributed by atoms with Crippen LogP contribution in [-0.4, -0.2) is 23.4 Å². The molecule has 2 aromatic rings. The van der Waals surface area contributed by atoms with Crippen LogP contribution in [0, 0.1) is 5.92 Å². The summed E-state index contributed by atoms with van der Waals surface area (Å²) in [6.07, 6.45) is -1.54. The number of halogens is 4. The van der Waals surface area contributed by atoms with Crippen LogP contribution < -0.4 is 5.32 Å². The first-order chi connectivity index (χ1) is 13.7. The zero-order valence-electron chi connectivity index (χ0n) is 15.9. The molecule has 0 spiro atoms. The SMILES string of the molecule is C[C@@H]1C[C@@H]1c1ccc(CN(CC(=O)Nc2ccc(Cl)cc2C(F)(F)F)C2CC2)o1. The lowest BCUT2D eigenvalue weighted by atomic mass is 10.1. The van der Waals surface area contributed by atoms with Crippen LogP contribution in [0.5, 0.6) is 0 Å². The molecule has 8 heteroatoms. The van der Waals surface area contributed by atoms with E-state index in [1.165, 1.54) is 12.1 Å². The summed E-state index contributed by atoms with van der Waals surface area (Å²) < 4.78 is 45.6. The van der Waals surface area contributed by atoms with Gasteiger partial charge in [0.25, 0.3) is 0 Å². The third-order valence-electron chi connectivity index (χ3n) is 5.49. The number of rotatable bonds is 7. The largest absolute Gasteiger partial charge is 0.464 e. The molecule has 0 radical (unpaired) electrons. The fraction of sp³-hybridized carbons (Fsp3) is 0.476. The Kier molecular flexibility index (Phi) is 5.38. The molecule has 1 aromatic heterocycles. The Balaban J connectivity index is 1.42. The Hall–Kier alpha value is -1.99. The third-order valence-corrected chi connectivity index (χ3v) is 5.72. The minimum Gasteiger partial charge on any atom is -0.464 e. The highest BCUT2D eigenvalue weighted by atomic mass is 35.5. The molecule has 0 aliphatic heterocycles. The van der Waals surface area contributed by atoms with Crippen molar-refractivity contribution in [2.45, 2.75) is 50.9 Å². The normalized spacial score (nSPS) is 21.4. The van der Waals surface area contributed by atoms with Gasteiger partial charge in [-0.25, -0.2) is 0 Å². The highest BCUT2D eigenvalue weighted by Crippen LogP contribution is 2.47. The minimum absolute atomic E-state index is 0.000451. The average Bonchev–Trinajstić information content (AvgIpc) is 3.55. The maximum Gasteiger partial charge on any atom is 0.418 e. The molecular formula is C21H22ClF3N2O2. The third kappa shape index (κ3) is 4.95. The van der Waals surface area contributed by atoms with Crippen molar-refractivity contribution in [1.82, 2.24) is 4.90 Å². The van der Waals surface area contributed by atoms with Crippen LogP contribution in [-0.2, 0) is 17.5 Å². The molecule has 1 heterocycles. The standard InChI is InChI=1S/C21H22ClF3N2O2/c1-12-8-16(12)19-7-5-15(29-19)10-27(14-3-4-14)11-20(28)26-18-6-2-13(22)9-17(18)21(23,24)25/h2,5-7,9,12,14,16H,3-4,8,10-11H2,1H3,(H,26,28)/t12-,16+/m1/s1. The number of nitrogens with zero attached hydrogens (tertiary/aromatic N) is 1. The Labute approximate surface area is 172 Å². The molecule has 0 unspecified atom stereocenters. The van der Waals surface area contributed by atoms with Crippen molar-refractivity contribution in [2.24, 2.45) is 5.92 Å². The van der Waals surface area contributed by atoms with Crippen LogP contribution in [0.4, 0.5) is 18.9 Å². The summed E-state index contributed by atoms with van der Waals surface area (Å²) in [6.45, 7) is 2.64. The zero-order chi connectivity index (χ0) is 20.8. The molecule has 1 amide bonds. The van der Waals surface area contributed by atoms with Gasteiger partial charge in [-0.2, -0.15) is 13.2 Å². The number of hydrogen-bond acceptors (Lipinski definition) is 3. The molecular weight excluding hydrogens is 405 g/mol. The molecule has 2 aliphatic rings. The van der Waals surface area contributed by atoms with Crippen LogP contribution in [0.1, 0.15) is 49.2 Å². The summed E-state index contributed by atoms with van der Waals surface area (Å²) in [5.41, 5.74) is -1.24. The average molecular weight is 427 g/mol. The van der Waals surface area contributed by atoms with Crippen LogP contribution in [0.25, 0.3) is 0 Å². The quantitative estimate of drug-likeness (QED) is 0.619. The molecule has 4 nitrogen and oxygen atoms in total. The molecule has 2 fully saturated rings. The predicted molar refractivity (Wildman–Crippen MR) is 104 cm³/mol. The van der Waals surface area contributed by atoms with Gasteiger partial charge in [0.1, 0.15) is 11.5 Å². The van der Waals surface area contributed by atoms with Crippen LogP contribution >= 0.6 is 11.6 Å². The van der Waals surface area contributed by atoms with E-state index in [0.717, 1.165) is 36.8 Å². The first kappa shape index (κ1) is 20.3. The first-order valence-electron chi connectivity index (χ1n) is 9.70. The van der Waals surface area contributed by atoms with Crippen LogP contribution in [0.3, 0.4) is 0 Å². The molecule has 0 saturated heterocycles. The van der Waals surface area contributed by atoms with Gasteiger partial charge in [0.05, 0.1) is 24.3 Å². The zero-order valence-corrected chi connectivity index (χ0v) is 16.7. The monoisotopic (exact) mass is 426 g/mol. The van der Waals surface area contributed by atoms with Crippen molar-refractivity contribution in [1.29, 1.82) is 0 Å². The highest BCUT2D eigenvalue weighted by Gasteiger charge is 2.37. The van der Waals surface area contributed by atoms with Crippen molar-refractivity contribution in [2.75, 3.05) is 11.9 Å². The first-order valence-corrected chi connectivity index (χ1v) is 10.1. The lowest BCUT2D eigenvalue weighted by Crippen LogP contribution is -2.34. The summed E-state index contributed by atoms with van der Waals surface area (Å²) in [6, 6.07) is 7.49. The van der Waals surface area contributed by atoms with Gasteiger partial charge in [-0.1, -0.05) is 18.5 Å². The van der Waals surface area contributed by atoms with E-state index in [1.807, 2.05) is 17.0 Å². The number of carbonyl (C=O) groups excluding carboxylic acids is 1. The Morgan fingerprint density at radius 2 is 2.00 bits per heavy atom. The number of nitrogens with one attached hydrogen (secondary N) is 1. The molecule has 1 aromatic carbocycles. The predicted octanol–water partition coefficient (Wildman–Crippen LogP) is 5.68. The van der Waals surface area contributed by atoms with E-state index in [-0.39, 0.29) is 23.3 Å². The second-order valence-electron chi connectivity index (χ2n) is 8.00. The molecule has 1 N–H and O–H groups in total. The summed E-state index contributed by atoms with van der Waals surface area (Å²) in [4.78, 5) is 14.4. The number of benzene rings is 1. The topological polar surface area (TPSA) is 45.5 Å². The summed E-state index contributed by atoms with van der Waals surface area (Å²) in [5, 5.41) is 2.36. The second kappa shape index (κ2) is 7.69. The Bertz CT molecular complexity index is 908. The summed E-state index contributed by atoms with van der Waals surface area (Å²) in [5.74, 6) is 2.38. The summed E-state index contributed by atoms with van der Waals surface area (Å²) >= 11 is 5.69. The van der Waals surface area contributed by atoms with Gasteiger partial charge in [-0.3, -0.25) is 9.69 Å². The van der Waals surface area contributed by atoms with Gasteiger partial charge in [0, 0.05) is 17.0 Å². The van der Waals surface area contributed by atoms with Gasteiger partial charge in [0.2, 0.25) is 5.91 Å². The molecule has 0 bridgehead atoms. The lowest BCUT2D eigenvalue weighted by Gasteiger charge is -2.21. The van der Waals surface area contributed by atoms with Gasteiger partial charge in [-0.15, -0.1) is 0 Å². The van der Waals surface area contributed by atoms with E-state index < -0.39 is 17.6 Å². The van der Waals surface area contributed by atoms with Crippen molar-refractivity contribution in [3.63, 3.8) is 0 Å². The van der Waals surface area contributed by atoms with Gasteiger partial charge in [-0.05, 0) is 55.5 Å². The van der Waals surface area contributed by atoms with E-state index >= 15 is 0 Å². The van der Waals surface area contributed by atoms with Crippen molar-refractivity contribution >= 4 is 23.2 Å². The van der Waals surface area contributed by atoms with Gasteiger partial charge >= 0.3 is 6.18 Å². The number of furan rings is 1. The fourth-order valence-corrected chi connectivity index (χ4v) is 3.76. The number of carbonyl (C=O) groups is 1. The molecule has 4 rings (SSSR count). The highest BCUT2D eigenvalue weighted by molar-refractivity contribution is 6.30. The fourth-order valence-electron chi connectivity index (χ4n) is 3.59. The molecule has 156 valence electrons. The maximum absolute atomic E-state index is 13.2. The Morgan fingerprint density at radius 1 is 1.28 bits per heavy atom. The number of hydrogen-bond donors (Lipinski definition) is 1. The summed E-state index contributed by atoms with van der Waals surface area (Å²) in [7, 11) is 0. The smallest absolute Gasteiger partial charge is 0.418 e. The van der Waals surface area contributed by atoms with Crippen molar-refractivity contribution in [3.05, 3.63) is 52.4 Å². The van der Waals surface area contributed by atoms with Crippen LogP contribution in [0.15, 0.2) is 34.7 Å². The van der Waals surface area contributed by atoms with Crippen molar-refractivity contribution in [3.8, 4) is 0 Å². The maximum atomic E-state index is 13.2. The van der Waals surface area contributed by atoms with Gasteiger partial charge in [0.15, 0.2) is 0 Å². The van der Waals surface area contributed by atoms with E-state index in [9.17, 15) is 18.0 Å². The van der Waals surface area contributed by atoms with Crippen LogP contribution in [0.2, 0.25) is 5.02 Å². The molecule has 2 saturated carbocycles. The van der Waals surface area contributed by atoms with E-state index in [1.54, 1.807) is 0 Å². The molecule has 2 atom stereocenters. The lowest BCUT2D eigenvalue weighted by molar-refractivity contribution is -0.137. The number of alkyl halides is 3.